The number of nitrogens with one attached hydrogen (secondary N) is 2. The lowest BCUT2D eigenvalue weighted by molar-refractivity contribution is -0.116. The molecular weight excluding hydrogens is 373 g/mol. The lowest BCUT2D eigenvalue weighted by atomic mass is 10.2. The zero-order chi connectivity index (χ0) is 18.9. The predicted molar refractivity (Wildman–Crippen MR) is 104 cm³/mol. The zero-order valence-electron chi connectivity index (χ0n) is 14.3. The molecule has 5 nitrogen and oxygen atoms in total. The Morgan fingerprint density at radius 2 is 1.88 bits per heavy atom. The summed E-state index contributed by atoms with van der Waals surface area (Å²) in [5.41, 5.74) is 2.09. The van der Waals surface area contributed by atoms with Crippen LogP contribution in [-0.4, -0.2) is 29.9 Å². The quantitative estimate of drug-likeness (QED) is 0.558. The van der Waals surface area contributed by atoms with Gasteiger partial charge in [-0.05, 0) is 49.2 Å². The number of hydrogen-bond acceptors (Lipinski definition) is 3. The smallest absolute Gasteiger partial charge is 0.252 e. The van der Waals surface area contributed by atoms with Crippen LogP contribution in [0.3, 0.4) is 0 Å². The van der Waals surface area contributed by atoms with Crippen LogP contribution in [0, 0.1) is 6.92 Å². The highest BCUT2D eigenvalue weighted by molar-refractivity contribution is 6.35. The van der Waals surface area contributed by atoms with E-state index in [2.05, 4.69) is 15.6 Å². The molecule has 0 radical (unpaired) electrons. The van der Waals surface area contributed by atoms with Crippen LogP contribution in [0.5, 0.6) is 0 Å². The molecule has 0 spiro atoms. The van der Waals surface area contributed by atoms with Gasteiger partial charge in [0.1, 0.15) is 0 Å². The van der Waals surface area contributed by atoms with E-state index in [1.165, 1.54) is 6.08 Å². The molecule has 0 unspecified atom stereocenters. The lowest BCUT2D eigenvalue weighted by Gasteiger charge is -2.06. The standard InChI is InChI=1S/C19H19Cl2N3O2/c1-13-3-4-15(12-24-13)19(26)23-10-2-9-22-18(25)8-6-14-5-7-16(20)11-17(14)21/h3-8,11-12H,2,9-10H2,1H3,(H,22,25)(H,23,26). The maximum Gasteiger partial charge on any atom is 0.252 e. The van der Waals surface area contributed by atoms with E-state index >= 15 is 0 Å². The minimum absolute atomic E-state index is 0.180. The summed E-state index contributed by atoms with van der Waals surface area (Å²) in [6.45, 7) is 2.77. The second-order valence-corrected chi connectivity index (χ2v) is 6.43. The summed E-state index contributed by atoms with van der Waals surface area (Å²) < 4.78 is 0. The van der Waals surface area contributed by atoms with Gasteiger partial charge in [-0.2, -0.15) is 0 Å². The lowest BCUT2D eigenvalue weighted by Crippen LogP contribution is -2.29. The SMILES string of the molecule is Cc1ccc(C(=O)NCCCNC(=O)C=Cc2ccc(Cl)cc2Cl)cn1. The Kier molecular flexibility index (Phi) is 7.63. The Hall–Kier alpha value is -2.37. The monoisotopic (exact) mass is 391 g/mol. The van der Waals surface area contributed by atoms with Gasteiger partial charge in [0.05, 0.1) is 5.56 Å². The Balaban J connectivity index is 1.67. The van der Waals surface area contributed by atoms with E-state index < -0.39 is 0 Å². The summed E-state index contributed by atoms with van der Waals surface area (Å²) in [6, 6.07) is 8.58. The highest BCUT2D eigenvalue weighted by atomic mass is 35.5. The molecule has 1 heterocycles. The Morgan fingerprint density at radius 1 is 1.12 bits per heavy atom. The maximum absolute atomic E-state index is 11.9. The number of hydrogen-bond donors (Lipinski definition) is 2. The highest BCUT2D eigenvalue weighted by Gasteiger charge is 2.04. The Morgan fingerprint density at radius 3 is 2.58 bits per heavy atom. The number of halogens is 2. The summed E-state index contributed by atoms with van der Waals surface area (Å²) >= 11 is 11.9. The van der Waals surface area contributed by atoms with Crippen LogP contribution in [0.2, 0.25) is 10.0 Å². The summed E-state index contributed by atoms with van der Waals surface area (Å²) in [5.74, 6) is -0.411. The fourth-order valence-corrected chi connectivity index (χ4v) is 2.54. The van der Waals surface area contributed by atoms with Crippen molar-refractivity contribution in [2.24, 2.45) is 0 Å². The largest absolute Gasteiger partial charge is 0.352 e. The molecule has 1 aromatic carbocycles. The van der Waals surface area contributed by atoms with Gasteiger partial charge in [-0.15, -0.1) is 0 Å². The first-order valence-electron chi connectivity index (χ1n) is 8.07. The number of benzene rings is 1. The molecule has 136 valence electrons. The third-order valence-electron chi connectivity index (χ3n) is 3.49. The molecule has 0 aliphatic heterocycles. The molecule has 0 atom stereocenters. The third kappa shape index (κ3) is 6.50. The fourth-order valence-electron chi connectivity index (χ4n) is 2.07. The van der Waals surface area contributed by atoms with Crippen LogP contribution in [-0.2, 0) is 4.79 Å². The summed E-state index contributed by atoms with van der Waals surface area (Å²) in [7, 11) is 0. The number of carbonyl (C=O) groups excluding carboxylic acids is 2. The molecule has 2 amide bonds. The van der Waals surface area contributed by atoms with Crippen molar-refractivity contribution in [1.82, 2.24) is 15.6 Å². The van der Waals surface area contributed by atoms with Crippen molar-refractivity contribution in [3.05, 3.63) is 69.5 Å². The van der Waals surface area contributed by atoms with Gasteiger partial charge in [-0.1, -0.05) is 29.3 Å². The first kappa shape index (κ1) is 19.9. The number of amides is 2. The van der Waals surface area contributed by atoms with Crippen LogP contribution in [0.4, 0.5) is 0 Å². The molecule has 0 bridgehead atoms. The maximum atomic E-state index is 11.9. The molecule has 0 saturated carbocycles. The van der Waals surface area contributed by atoms with Gasteiger partial charge in [-0.25, -0.2) is 0 Å². The van der Waals surface area contributed by atoms with E-state index in [1.807, 2.05) is 6.92 Å². The minimum Gasteiger partial charge on any atom is -0.352 e. The number of rotatable bonds is 7. The van der Waals surface area contributed by atoms with E-state index in [1.54, 1.807) is 42.6 Å². The van der Waals surface area contributed by atoms with Crippen LogP contribution >= 0.6 is 23.2 Å². The molecule has 1 aromatic heterocycles. The molecule has 2 N–H and O–H groups in total. The van der Waals surface area contributed by atoms with E-state index in [0.717, 1.165) is 5.69 Å². The molecule has 0 saturated heterocycles. The normalized spacial score (nSPS) is 10.7. The van der Waals surface area contributed by atoms with Crippen LogP contribution in [0.25, 0.3) is 6.08 Å². The topological polar surface area (TPSA) is 71.1 Å². The number of carbonyl (C=O) groups is 2. The summed E-state index contributed by atoms with van der Waals surface area (Å²) in [6.07, 6.45) is 5.19. The number of pyridine rings is 1. The predicted octanol–water partition coefficient (Wildman–Crippen LogP) is 3.65. The van der Waals surface area contributed by atoms with Crippen molar-refractivity contribution in [3.8, 4) is 0 Å². The first-order valence-corrected chi connectivity index (χ1v) is 8.83. The van der Waals surface area contributed by atoms with E-state index in [0.29, 0.717) is 40.7 Å². The van der Waals surface area contributed by atoms with Crippen molar-refractivity contribution in [3.63, 3.8) is 0 Å². The van der Waals surface area contributed by atoms with Crippen molar-refractivity contribution in [1.29, 1.82) is 0 Å². The van der Waals surface area contributed by atoms with E-state index in [-0.39, 0.29) is 11.8 Å². The van der Waals surface area contributed by atoms with Gasteiger partial charge in [0, 0.05) is 41.1 Å². The Bertz CT molecular complexity index is 805. The number of aryl methyl sites for hydroxylation is 1. The molecule has 2 rings (SSSR count). The fraction of sp³-hybridized carbons (Fsp3) is 0.211. The number of nitrogens with zero attached hydrogens (tertiary/aromatic N) is 1. The van der Waals surface area contributed by atoms with Gasteiger partial charge >= 0.3 is 0 Å². The molecule has 0 aliphatic rings. The second-order valence-electron chi connectivity index (χ2n) is 5.59. The average molecular weight is 392 g/mol. The molecular formula is C19H19Cl2N3O2. The van der Waals surface area contributed by atoms with Gasteiger partial charge in [0.15, 0.2) is 0 Å². The highest BCUT2D eigenvalue weighted by Crippen LogP contribution is 2.21. The molecule has 0 fully saturated rings. The molecule has 7 heteroatoms. The molecule has 2 aromatic rings. The van der Waals surface area contributed by atoms with Crippen molar-refractivity contribution >= 4 is 41.1 Å². The van der Waals surface area contributed by atoms with Crippen LogP contribution in [0.15, 0.2) is 42.6 Å². The minimum atomic E-state index is -0.231. The van der Waals surface area contributed by atoms with Gasteiger partial charge < -0.3 is 10.6 Å². The van der Waals surface area contributed by atoms with E-state index in [9.17, 15) is 9.59 Å². The Labute approximate surface area is 162 Å². The number of aromatic nitrogens is 1. The summed E-state index contributed by atoms with van der Waals surface area (Å²) in [5, 5.41) is 6.55. The van der Waals surface area contributed by atoms with E-state index in [4.69, 9.17) is 23.2 Å². The first-order chi connectivity index (χ1) is 12.5. The summed E-state index contributed by atoms with van der Waals surface area (Å²) in [4.78, 5) is 27.8. The van der Waals surface area contributed by atoms with Gasteiger partial charge in [0.2, 0.25) is 5.91 Å². The second kappa shape index (κ2) is 9.94. The van der Waals surface area contributed by atoms with Crippen LogP contribution < -0.4 is 10.6 Å². The van der Waals surface area contributed by atoms with Crippen LogP contribution in [0.1, 0.15) is 28.0 Å². The third-order valence-corrected chi connectivity index (χ3v) is 4.05. The van der Waals surface area contributed by atoms with Crippen molar-refractivity contribution in [2.45, 2.75) is 13.3 Å². The zero-order valence-corrected chi connectivity index (χ0v) is 15.8. The van der Waals surface area contributed by atoms with Crippen molar-refractivity contribution < 1.29 is 9.59 Å². The van der Waals surface area contributed by atoms with Gasteiger partial charge in [0.25, 0.3) is 5.91 Å². The molecule has 26 heavy (non-hydrogen) atoms. The van der Waals surface area contributed by atoms with Crippen molar-refractivity contribution in [2.75, 3.05) is 13.1 Å². The average Bonchev–Trinajstić information content (AvgIpc) is 2.61. The van der Waals surface area contributed by atoms with Gasteiger partial charge in [-0.3, -0.25) is 14.6 Å². The molecule has 0 aliphatic carbocycles.